The Balaban J connectivity index is 1.81. The average Bonchev–Trinajstić information content (AvgIpc) is 3.12. The number of anilines is 2. The summed E-state index contributed by atoms with van der Waals surface area (Å²) in [6, 6.07) is 0. The van der Waals surface area contributed by atoms with Gasteiger partial charge in [-0.25, -0.2) is 9.97 Å². The highest BCUT2D eigenvalue weighted by molar-refractivity contribution is 5.55. The molecule has 5 nitrogen and oxygen atoms in total. The Labute approximate surface area is 102 Å². The molecule has 2 N–H and O–H groups in total. The summed E-state index contributed by atoms with van der Waals surface area (Å²) in [7, 11) is 2.00. The lowest BCUT2D eigenvalue weighted by molar-refractivity contribution is 0.130. The number of nitrogens with two attached hydrogens (primary N) is 1. The van der Waals surface area contributed by atoms with E-state index in [4.69, 9.17) is 10.5 Å². The highest BCUT2D eigenvalue weighted by Crippen LogP contribution is 2.28. The minimum Gasteiger partial charge on any atom is -0.383 e. The molecule has 0 unspecified atom stereocenters. The van der Waals surface area contributed by atoms with Gasteiger partial charge in [-0.1, -0.05) is 0 Å². The maximum Gasteiger partial charge on any atom is 0.136 e. The SMILES string of the molecule is Cc1c(N)ncnc1N(C)CCOCC1CC1. The molecule has 1 aromatic heterocycles. The van der Waals surface area contributed by atoms with Crippen LogP contribution in [0.25, 0.3) is 0 Å². The molecule has 0 amide bonds. The Morgan fingerprint density at radius 2 is 2.24 bits per heavy atom. The van der Waals surface area contributed by atoms with E-state index in [0.717, 1.165) is 37.1 Å². The van der Waals surface area contributed by atoms with Crippen molar-refractivity contribution in [2.45, 2.75) is 19.8 Å². The van der Waals surface area contributed by atoms with E-state index in [2.05, 4.69) is 14.9 Å². The molecule has 1 aromatic rings. The molecule has 2 rings (SSSR count). The van der Waals surface area contributed by atoms with E-state index in [1.165, 1.54) is 19.2 Å². The average molecular weight is 236 g/mol. The van der Waals surface area contributed by atoms with Crippen LogP contribution in [0.1, 0.15) is 18.4 Å². The van der Waals surface area contributed by atoms with Gasteiger partial charge in [0.05, 0.1) is 6.61 Å². The van der Waals surface area contributed by atoms with Crippen molar-refractivity contribution in [1.29, 1.82) is 0 Å². The van der Waals surface area contributed by atoms with E-state index in [1.54, 1.807) is 0 Å². The first-order chi connectivity index (χ1) is 8.18. The summed E-state index contributed by atoms with van der Waals surface area (Å²) in [4.78, 5) is 10.3. The second-order valence-corrected chi connectivity index (χ2v) is 4.65. The van der Waals surface area contributed by atoms with Crippen molar-refractivity contribution in [2.24, 2.45) is 5.92 Å². The van der Waals surface area contributed by atoms with Crippen molar-refractivity contribution >= 4 is 11.6 Å². The lowest BCUT2D eigenvalue weighted by atomic mass is 10.3. The molecule has 1 heterocycles. The Bertz CT molecular complexity index is 379. The third kappa shape index (κ3) is 3.30. The Morgan fingerprint density at radius 1 is 1.47 bits per heavy atom. The van der Waals surface area contributed by atoms with E-state index in [9.17, 15) is 0 Å². The van der Waals surface area contributed by atoms with Gasteiger partial charge in [0.25, 0.3) is 0 Å². The first kappa shape index (κ1) is 12.1. The van der Waals surface area contributed by atoms with Gasteiger partial charge in [-0.15, -0.1) is 0 Å². The largest absolute Gasteiger partial charge is 0.383 e. The fourth-order valence-corrected chi connectivity index (χ4v) is 1.68. The van der Waals surface area contributed by atoms with Crippen LogP contribution in [0.3, 0.4) is 0 Å². The van der Waals surface area contributed by atoms with Gasteiger partial charge in [0.2, 0.25) is 0 Å². The number of nitrogens with zero attached hydrogens (tertiary/aromatic N) is 3. The lowest BCUT2D eigenvalue weighted by Crippen LogP contribution is -2.25. The van der Waals surface area contributed by atoms with E-state index >= 15 is 0 Å². The molecule has 1 fully saturated rings. The van der Waals surface area contributed by atoms with Crippen molar-refractivity contribution in [3.8, 4) is 0 Å². The van der Waals surface area contributed by atoms with Gasteiger partial charge in [-0.05, 0) is 25.7 Å². The first-order valence-corrected chi connectivity index (χ1v) is 6.04. The minimum absolute atomic E-state index is 0.542. The van der Waals surface area contributed by atoms with Crippen molar-refractivity contribution in [1.82, 2.24) is 9.97 Å². The highest BCUT2D eigenvalue weighted by atomic mass is 16.5. The fraction of sp³-hybridized carbons (Fsp3) is 0.667. The standard InChI is InChI=1S/C12H20N4O/c1-9-11(13)14-8-15-12(9)16(2)5-6-17-7-10-3-4-10/h8,10H,3-7H2,1-2H3,(H2,13,14,15). The zero-order chi connectivity index (χ0) is 12.3. The molecule has 0 radical (unpaired) electrons. The van der Waals surface area contributed by atoms with Crippen LogP contribution >= 0.6 is 0 Å². The van der Waals surface area contributed by atoms with Crippen LogP contribution in [0.4, 0.5) is 11.6 Å². The van der Waals surface area contributed by atoms with E-state index in [-0.39, 0.29) is 0 Å². The smallest absolute Gasteiger partial charge is 0.136 e. The molecule has 1 aliphatic carbocycles. The maximum atomic E-state index is 5.75. The zero-order valence-electron chi connectivity index (χ0n) is 10.5. The topological polar surface area (TPSA) is 64.3 Å². The van der Waals surface area contributed by atoms with Gasteiger partial charge in [0.1, 0.15) is 18.0 Å². The quantitative estimate of drug-likeness (QED) is 0.753. The van der Waals surface area contributed by atoms with Crippen LogP contribution in [0, 0.1) is 12.8 Å². The number of hydrogen-bond acceptors (Lipinski definition) is 5. The molecule has 0 aromatic carbocycles. The van der Waals surface area contributed by atoms with Crippen LogP contribution in [0.2, 0.25) is 0 Å². The summed E-state index contributed by atoms with van der Waals surface area (Å²) in [5.41, 5.74) is 6.68. The third-order valence-corrected chi connectivity index (χ3v) is 3.08. The maximum absolute atomic E-state index is 5.75. The van der Waals surface area contributed by atoms with Gasteiger partial charge >= 0.3 is 0 Å². The number of hydrogen-bond donors (Lipinski definition) is 1. The number of ether oxygens (including phenoxy) is 1. The zero-order valence-corrected chi connectivity index (χ0v) is 10.5. The third-order valence-electron chi connectivity index (χ3n) is 3.08. The van der Waals surface area contributed by atoms with E-state index in [0.29, 0.717) is 5.82 Å². The molecule has 0 saturated heterocycles. The van der Waals surface area contributed by atoms with Crippen molar-refractivity contribution in [3.63, 3.8) is 0 Å². The van der Waals surface area contributed by atoms with Gasteiger partial charge < -0.3 is 15.4 Å². The Morgan fingerprint density at radius 3 is 2.94 bits per heavy atom. The number of nitrogen functional groups attached to an aromatic ring is 1. The predicted molar refractivity (Wildman–Crippen MR) is 68.0 cm³/mol. The van der Waals surface area contributed by atoms with Crippen molar-refractivity contribution in [2.75, 3.05) is 37.4 Å². The molecule has 94 valence electrons. The molecule has 0 aliphatic heterocycles. The van der Waals surface area contributed by atoms with Gasteiger partial charge in [-0.3, -0.25) is 0 Å². The second kappa shape index (κ2) is 5.31. The molecular weight excluding hydrogens is 216 g/mol. The van der Waals surface area contributed by atoms with Gasteiger partial charge in [-0.2, -0.15) is 0 Å². The fourth-order valence-electron chi connectivity index (χ4n) is 1.68. The minimum atomic E-state index is 0.542. The second-order valence-electron chi connectivity index (χ2n) is 4.65. The molecule has 1 saturated carbocycles. The van der Waals surface area contributed by atoms with Crippen LogP contribution in [0.5, 0.6) is 0 Å². The van der Waals surface area contributed by atoms with Crippen molar-refractivity contribution in [3.05, 3.63) is 11.9 Å². The molecule has 0 atom stereocenters. The number of likely N-dealkylation sites (N-methyl/N-ethyl adjacent to an activating group) is 1. The van der Waals surface area contributed by atoms with E-state index in [1.807, 2.05) is 14.0 Å². The Hall–Kier alpha value is -1.36. The molecule has 5 heteroatoms. The van der Waals surface area contributed by atoms with Crippen LogP contribution in [-0.4, -0.2) is 36.8 Å². The summed E-state index contributed by atoms with van der Waals surface area (Å²) < 4.78 is 5.60. The summed E-state index contributed by atoms with van der Waals surface area (Å²) in [5.74, 6) is 2.24. The highest BCUT2D eigenvalue weighted by Gasteiger charge is 2.21. The summed E-state index contributed by atoms with van der Waals surface area (Å²) in [6.45, 7) is 4.39. The summed E-state index contributed by atoms with van der Waals surface area (Å²) in [6.07, 6.45) is 4.16. The van der Waals surface area contributed by atoms with Gasteiger partial charge in [0.15, 0.2) is 0 Å². The summed E-state index contributed by atoms with van der Waals surface area (Å²) >= 11 is 0. The van der Waals surface area contributed by atoms with E-state index < -0.39 is 0 Å². The molecule has 0 spiro atoms. The number of rotatable bonds is 6. The normalized spacial score (nSPS) is 14.9. The van der Waals surface area contributed by atoms with Crippen molar-refractivity contribution < 1.29 is 4.74 Å². The number of aromatic nitrogens is 2. The first-order valence-electron chi connectivity index (χ1n) is 6.04. The molecule has 17 heavy (non-hydrogen) atoms. The van der Waals surface area contributed by atoms with Crippen LogP contribution in [0.15, 0.2) is 6.33 Å². The lowest BCUT2D eigenvalue weighted by Gasteiger charge is -2.20. The Kier molecular flexibility index (Phi) is 3.78. The molecule has 0 bridgehead atoms. The van der Waals surface area contributed by atoms with Crippen LogP contribution < -0.4 is 10.6 Å². The molecular formula is C12H20N4O. The van der Waals surface area contributed by atoms with Gasteiger partial charge in [0, 0.05) is 25.8 Å². The summed E-state index contributed by atoms with van der Waals surface area (Å²) in [5, 5.41) is 0. The monoisotopic (exact) mass is 236 g/mol. The molecule has 1 aliphatic rings. The predicted octanol–water partition coefficient (Wildman–Crippen LogP) is 1.23. The van der Waals surface area contributed by atoms with Crippen LogP contribution in [-0.2, 0) is 4.74 Å².